The van der Waals surface area contributed by atoms with Crippen LogP contribution in [-0.4, -0.2) is 57.7 Å². The van der Waals surface area contributed by atoms with Gasteiger partial charge in [-0.05, 0) is 24.6 Å². The van der Waals surface area contributed by atoms with E-state index in [9.17, 15) is 4.79 Å². The van der Waals surface area contributed by atoms with Crippen molar-refractivity contribution in [1.82, 2.24) is 19.9 Å². The number of aryl methyl sites for hydroxylation is 1. The van der Waals surface area contributed by atoms with Crippen LogP contribution in [0, 0.1) is 0 Å². The second-order valence-electron chi connectivity index (χ2n) is 6.31. The van der Waals surface area contributed by atoms with Gasteiger partial charge in [0, 0.05) is 42.6 Å². The predicted octanol–water partition coefficient (Wildman–Crippen LogP) is 3.09. The van der Waals surface area contributed by atoms with E-state index < -0.39 is 0 Å². The van der Waals surface area contributed by atoms with Crippen molar-refractivity contribution in [2.75, 3.05) is 36.8 Å². The van der Waals surface area contributed by atoms with Crippen LogP contribution < -0.4 is 4.90 Å². The Morgan fingerprint density at radius 2 is 2.04 bits per heavy atom. The minimum absolute atomic E-state index is 0.165. The SMILES string of the molecule is CCc1cc2c(SCC(=O)N3CCN(c4ccccn4)CC3)ncnc2s1. The van der Waals surface area contributed by atoms with Crippen LogP contribution in [0.4, 0.5) is 5.82 Å². The average Bonchev–Trinajstić information content (AvgIpc) is 3.17. The normalized spacial score (nSPS) is 14.7. The van der Waals surface area contributed by atoms with Gasteiger partial charge in [0.05, 0.1) is 5.75 Å². The maximum absolute atomic E-state index is 12.6. The van der Waals surface area contributed by atoms with Crippen molar-refractivity contribution in [3.63, 3.8) is 0 Å². The summed E-state index contributed by atoms with van der Waals surface area (Å²) < 4.78 is 0. The first-order valence-electron chi connectivity index (χ1n) is 9.04. The van der Waals surface area contributed by atoms with Crippen molar-refractivity contribution in [1.29, 1.82) is 0 Å². The number of hydrogen-bond donors (Lipinski definition) is 0. The van der Waals surface area contributed by atoms with Crippen molar-refractivity contribution < 1.29 is 4.79 Å². The first-order valence-corrected chi connectivity index (χ1v) is 10.8. The lowest BCUT2D eigenvalue weighted by molar-refractivity contribution is -0.128. The third kappa shape index (κ3) is 4.06. The third-order valence-electron chi connectivity index (χ3n) is 4.63. The molecule has 3 aromatic rings. The van der Waals surface area contributed by atoms with E-state index in [-0.39, 0.29) is 5.91 Å². The molecule has 0 saturated carbocycles. The van der Waals surface area contributed by atoms with Crippen LogP contribution >= 0.6 is 23.1 Å². The van der Waals surface area contributed by atoms with E-state index in [4.69, 9.17) is 0 Å². The molecule has 1 aliphatic rings. The van der Waals surface area contributed by atoms with E-state index in [1.807, 2.05) is 23.1 Å². The molecule has 1 fully saturated rings. The summed E-state index contributed by atoms with van der Waals surface area (Å²) in [5.41, 5.74) is 0. The predicted molar refractivity (Wildman–Crippen MR) is 111 cm³/mol. The second-order valence-corrected chi connectivity index (χ2v) is 8.39. The fourth-order valence-corrected chi connectivity index (χ4v) is 5.00. The van der Waals surface area contributed by atoms with E-state index in [1.54, 1.807) is 23.9 Å². The highest BCUT2D eigenvalue weighted by Gasteiger charge is 2.22. The van der Waals surface area contributed by atoms with Gasteiger partial charge in [-0.1, -0.05) is 24.8 Å². The number of thioether (sulfide) groups is 1. The summed E-state index contributed by atoms with van der Waals surface area (Å²) >= 11 is 3.21. The smallest absolute Gasteiger partial charge is 0.233 e. The maximum Gasteiger partial charge on any atom is 0.233 e. The Morgan fingerprint density at radius 1 is 1.19 bits per heavy atom. The van der Waals surface area contributed by atoms with Crippen LogP contribution in [0.15, 0.2) is 41.8 Å². The third-order valence-corrected chi connectivity index (χ3v) is 6.81. The number of anilines is 1. The fourth-order valence-electron chi connectivity index (χ4n) is 3.12. The molecule has 3 aromatic heterocycles. The molecular weight excluding hydrogens is 378 g/mol. The van der Waals surface area contributed by atoms with Gasteiger partial charge in [-0.3, -0.25) is 4.79 Å². The zero-order valence-electron chi connectivity index (χ0n) is 15.2. The largest absolute Gasteiger partial charge is 0.353 e. The lowest BCUT2D eigenvalue weighted by atomic mass is 10.3. The zero-order chi connectivity index (χ0) is 18.6. The van der Waals surface area contributed by atoms with Gasteiger partial charge in [0.1, 0.15) is 22.0 Å². The molecule has 8 heteroatoms. The Labute approximate surface area is 166 Å². The summed E-state index contributed by atoms with van der Waals surface area (Å²) in [5, 5.41) is 1.97. The van der Waals surface area contributed by atoms with Crippen LogP contribution in [0.2, 0.25) is 0 Å². The quantitative estimate of drug-likeness (QED) is 0.485. The number of aromatic nitrogens is 3. The summed E-state index contributed by atoms with van der Waals surface area (Å²) in [7, 11) is 0. The number of pyridine rings is 1. The van der Waals surface area contributed by atoms with Gasteiger partial charge in [0.2, 0.25) is 5.91 Å². The van der Waals surface area contributed by atoms with Gasteiger partial charge in [0.15, 0.2) is 0 Å². The van der Waals surface area contributed by atoms with Gasteiger partial charge in [0.25, 0.3) is 0 Å². The number of carbonyl (C=O) groups is 1. The molecule has 0 aromatic carbocycles. The van der Waals surface area contributed by atoms with E-state index in [0.29, 0.717) is 5.75 Å². The van der Waals surface area contributed by atoms with Gasteiger partial charge < -0.3 is 9.80 Å². The highest BCUT2D eigenvalue weighted by Crippen LogP contribution is 2.31. The summed E-state index contributed by atoms with van der Waals surface area (Å²) in [6, 6.07) is 8.08. The van der Waals surface area contributed by atoms with Crippen molar-refractivity contribution in [3.05, 3.63) is 41.7 Å². The number of nitrogens with zero attached hydrogens (tertiary/aromatic N) is 5. The highest BCUT2D eigenvalue weighted by atomic mass is 32.2. The Hall–Kier alpha value is -2.19. The lowest BCUT2D eigenvalue weighted by Gasteiger charge is -2.35. The minimum Gasteiger partial charge on any atom is -0.353 e. The molecule has 27 heavy (non-hydrogen) atoms. The molecule has 0 N–H and O–H groups in total. The zero-order valence-corrected chi connectivity index (χ0v) is 16.8. The number of fused-ring (bicyclic) bond motifs is 1. The lowest BCUT2D eigenvalue weighted by Crippen LogP contribution is -2.49. The molecule has 0 aliphatic carbocycles. The number of thiophene rings is 1. The number of amides is 1. The number of piperazine rings is 1. The number of hydrogen-bond acceptors (Lipinski definition) is 7. The van der Waals surface area contributed by atoms with Crippen LogP contribution in [0.5, 0.6) is 0 Å². The monoisotopic (exact) mass is 399 g/mol. The molecule has 0 spiro atoms. The van der Waals surface area contributed by atoms with Crippen molar-refractivity contribution in [2.24, 2.45) is 0 Å². The Bertz CT molecular complexity index is 922. The molecule has 0 unspecified atom stereocenters. The Kier molecular flexibility index (Phi) is 5.54. The highest BCUT2D eigenvalue weighted by molar-refractivity contribution is 8.00. The molecule has 0 radical (unpaired) electrons. The van der Waals surface area contributed by atoms with Crippen molar-refractivity contribution >= 4 is 45.0 Å². The molecule has 1 aliphatic heterocycles. The van der Waals surface area contributed by atoms with Gasteiger partial charge in [-0.25, -0.2) is 15.0 Å². The van der Waals surface area contributed by atoms with Crippen molar-refractivity contribution in [2.45, 2.75) is 18.4 Å². The van der Waals surface area contributed by atoms with Gasteiger partial charge in [-0.2, -0.15) is 0 Å². The summed E-state index contributed by atoms with van der Waals surface area (Å²) in [5.74, 6) is 1.55. The van der Waals surface area contributed by atoms with Crippen LogP contribution in [0.1, 0.15) is 11.8 Å². The van der Waals surface area contributed by atoms with E-state index >= 15 is 0 Å². The van der Waals surface area contributed by atoms with Gasteiger partial charge in [-0.15, -0.1) is 11.3 Å². The van der Waals surface area contributed by atoms with E-state index in [2.05, 4.69) is 32.8 Å². The first-order chi connectivity index (χ1) is 13.2. The molecule has 0 bridgehead atoms. The average molecular weight is 400 g/mol. The van der Waals surface area contributed by atoms with Crippen LogP contribution in [0.3, 0.4) is 0 Å². The Balaban J connectivity index is 1.35. The number of carbonyl (C=O) groups excluding carboxylic acids is 1. The molecule has 0 atom stereocenters. The fraction of sp³-hybridized carbons (Fsp3) is 0.368. The molecule has 1 saturated heterocycles. The Morgan fingerprint density at radius 3 is 2.78 bits per heavy atom. The van der Waals surface area contributed by atoms with Crippen molar-refractivity contribution in [3.8, 4) is 0 Å². The summed E-state index contributed by atoms with van der Waals surface area (Å²) in [6.07, 6.45) is 4.39. The first kappa shape index (κ1) is 18.2. The molecule has 4 rings (SSSR count). The number of rotatable bonds is 5. The standard InChI is InChI=1S/C19H21N5OS2/c1-2-14-11-15-18(21-13-22-19(15)27-14)26-12-17(25)24-9-7-23(8-10-24)16-5-3-4-6-20-16/h3-6,11,13H,2,7-10,12H2,1H3. The molecule has 4 heterocycles. The summed E-state index contributed by atoms with van der Waals surface area (Å²) in [4.78, 5) is 32.2. The molecule has 1 amide bonds. The van der Waals surface area contributed by atoms with E-state index in [1.165, 1.54) is 16.6 Å². The molecule has 140 valence electrons. The topological polar surface area (TPSA) is 62.2 Å². The minimum atomic E-state index is 0.165. The van der Waals surface area contributed by atoms with Crippen LogP contribution in [-0.2, 0) is 11.2 Å². The van der Waals surface area contributed by atoms with Gasteiger partial charge >= 0.3 is 0 Å². The molecule has 6 nitrogen and oxygen atoms in total. The maximum atomic E-state index is 12.6. The molecular formula is C19H21N5OS2. The second kappa shape index (κ2) is 8.22. The van der Waals surface area contributed by atoms with E-state index in [0.717, 1.165) is 53.7 Å². The van der Waals surface area contributed by atoms with Crippen LogP contribution in [0.25, 0.3) is 10.2 Å². The summed E-state index contributed by atoms with van der Waals surface area (Å²) in [6.45, 7) is 5.23.